The van der Waals surface area contributed by atoms with Crippen LogP contribution in [0.4, 0.5) is 5.82 Å². The predicted octanol–water partition coefficient (Wildman–Crippen LogP) is 0.660. The van der Waals surface area contributed by atoms with Crippen molar-refractivity contribution in [3.05, 3.63) is 11.3 Å². The molecule has 0 spiro atoms. The molecule has 0 saturated heterocycles. The first-order valence-corrected chi connectivity index (χ1v) is 6.37. The number of rotatable bonds is 3. The Bertz CT molecular complexity index is 420. The molecule has 0 saturated carbocycles. The van der Waals surface area contributed by atoms with Gasteiger partial charge in [-0.05, 0) is 5.92 Å². The summed E-state index contributed by atoms with van der Waals surface area (Å²) in [7, 11) is -3.05. The summed E-state index contributed by atoms with van der Waals surface area (Å²) < 4.78 is 22.2. The predicted molar refractivity (Wildman–Crippen MR) is 55.6 cm³/mol. The maximum atomic E-state index is 11.1. The molecule has 0 aliphatic carbocycles. The van der Waals surface area contributed by atoms with Crippen LogP contribution in [0.3, 0.4) is 0 Å². The summed E-state index contributed by atoms with van der Waals surface area (Å²) in [6.45, 7) is 3.90. The van der Waals surface area contributed by atoms with E-state index in [0.717, 1.165) is 5.56 Å². The Kier molecular flexibility index (Phi) is 2.84. The van der Waals surface area contributed by atoms with Crippen LogP contribution in [0.5, 0.6) is 0 Å². The average molecular weight is 217 g/mol. The number of aromatic amines is 1. The lowest BCUT2D eigenvalue weighted by molar-refractivity contribution is 0.600. The highest BCUT2D eigenvalue weighted by Gasteiger charge is 2.17. The Morgan fingerprint density at radius 3 is 2.50 bits per heavy atom. The molecule has 0 aliphatic rings. The van der Waals surface area contributed by atoms with E-state index in [9.17, 15) is 8.42 Å². The van der Waals surface area contributed by atoms with E-state index in [1.165, 1.54) is 6.26 Å². The van der Waals surface area contributed by atoms with Crippen molar-refractivity contribution in [1.82, 2.24) is 10.2 Å². The highest BCUT2D eigenvalue weighted by Crippen LogP contribution is 2.24. The summed E-state index contributed by atoms with van der Waals surface area (Å²) in [5.41, 5.74) is 7.02. The van der Waals surface area contributed by atoms with E-state index in [1.54, 1.807) is 0 Å². The lowest BCUT2D eigenvalue weighted by Gasteiger charge is -2.05. The molecule has 1 aromatic heterocycles. The Balaban J connectivity index is 3.10. The van der Waals surface area contributed by atoms with Crippen molar-refractivity contribution < 1.29 is 8.42 Å². The molecule has 80 valence electrons. The first kappa shape index (κ1) is 11.0. The molecule has 0 amide bonds. The number of anilines is 1. The third-order valence-electron chi connectivity index (χ3n) is 1.90. The number of nitrogens with zero attached hydrogens (tertiary/aromatic N) is 1. The number of H-pyrrole nitrogens is 1. The minimum Gasteiger partial charge on any atom is -0.382 e. The maximum Gasteiger partial charge on any atom is 0.153 e. The van der Waals surface area contributed by atoms with Gasteiger partial charge in [-0.1, -0.05) is 13.8 Å². The molecule has 0 aromatic carbocycles. The molecule has 6 heteroatoms. The summed E-state index contributed by atoms with van der Waals surface area (Å²) in [5.74, 6) is 0.522. The van der Waals surface area contributed by atoms with E-state index in [-0.39, 0.29) is 11.7 Å². The van der Waals surface area contributed by atoms with Crippen molar-refractivity contribution in [2.45, 2.75) is 25.5 Å². The van der Waals surface area contributed by atoms with Crippen LogP contribution in [0.25, 0.3) is 0 Å². The second kappa shape index (κ2) is 3.61. The van der Waals surface area contributed by atoms with Crippen LogP contribution in [0.2, 0.25) is 0 Å². The van der Waals surface area contributed by atoms with Gasteiger partial charge in [0.1, 0.15) is 5.82 Å². The molecule has 14 heavy (non-hydrogen) atoms. The van der Waals surface area contributed by atoms with E-state index in [4.69, 9.17) is 5.73 Å². The van der Waals surface area contributed by atoms with E-state index in [1.807, 2.05) is 13.8 Å². The van der Waals surface area contributed by atoms with Crippen molar-refractivity contribution in [3.63, 3.8) is 0 Å². The van der Waals surface area contributed by atoms with E-state index < -0.39 is 9.84 Å². The van der Waals surface area contributed by atoms with Crippen molar-refractivity contribution in [2.75, 3.05) is 12.0 Å². The van der Waals surface area contributed by atoms with Crippen molar-refractivity contribution >= 4 is 15.7 Å². The quantitative estimate of drug-likeness (QED) is 0.778. The van der Waals surface area contributed by atoms with Gasteiger partial charge in [-0.15, -0.1) is 0 Å². The zero-order chi connectivity index (χ0) is 10.9. The molecular weight excluding hydrogens is 202 g/mol. The molecule has 1 rings (SSSR count). The largest absolute Gasteiger partial charge is 0.382 e. The van der Waals surface area contributed by atoms with Crippen LogP contribution < -0.4 is 5.73 Å². The number of nitrogen functional groups attached to an aromatic ring is 1. The summed E-state index contributed by atoms with van der Waals surface area (Å²) in [6, 6.07) is 0. The number of aromatic nitrogens is 2. The lowest BCUT2D eigenvalue weighted by Crippen LogP contribution is -2.05. The molecule has 0 atom stereocenters. The van der Waals surface area contributed by atoms with Gasteiger partial charge >= 0.3 is 0 Å². The smallest absolute Gasteiger partial charge is 0.153 e. The zero-order valence-electron chi connectivity index (χ0n) is 8.53. The molecule has 0 unspecified atom stereocenters. The molecule has 5 nitrogen and oxygen atoms in total. The van der Waals surface area contributed by atoms with Crippen LogP contribution in [0.15, 0.2) is 0 Å². The van der Waals surface area contributed by atoms with Gasteiger partial charge in [0.05, 0.1) is 11.4 Å². The highest BCUT2D eigenvalue weighted by molar-refractivity contribution is 7.89. The Labute approximate surface area is 83.6 Å². The van der Waals surface area contributed by atoms with Crippen molar-refractivity contribution in [1.29, 1.82) is 0 Å². The number of nitrogens with two attached hydrogens (primary N) is 1. The monoisotopic (exact) mass is 217 g/mol. The van der Waals surface area contributed by atoms with Crippen LogP contribution >= 0.6 is 0 Å². The lowest BCUT2D eigenvalue weighted by atomic mass is 10.0. The van der Waals surface area contributed by atoms with Gasteiger partial charge in [0.15, 0.2) is 9.84 Å². The van der Waals surface area contributed by atoms with Gasteiger partial charge in [0.2, 0.25) is 0 Å². The summed E-state index contributed by atoms with van der Waals surface area (Å²) in [4.78, 5) is 0. The first-order valence-electron chi connectivity index (χ1n) is 4.31. The van der Waals surface area contributed by atoms with Gasteiger partial charge in [-0.3, -0.25) is 5.10 Å². The SMILES string of the molecule is CC(C)c1c(N)n[nH]c1CS(C)(=O)=O. The van der Waals surface area contributed by atoms with Crippen molar-refractivity contribution in [3.8, 4) is 0 Å². The third kappa shape index (κ3) is 2.47. The van der Waals surface area contributed by atoms with Crippen molar-refractivity contribution in [2.24, 2.45) is 0 Å². The summed E-state index contributed by atoms with van der Waals surface area (Å²) in [6.07, 6.45) is 1.19. The average Bonchev–Trinajstić information content (AvgIpc) is 2.27. The molecule has 0 radical (unpaired) electrons. The first-order chi connectivity index (χ1) is 6.31. The second-order valence-corrected chi connectivity index (χ2v) is 5.87. The molecule has 1 heterocycles. The Morgan fingerprint density at radius 2 is 2.07 bits per heavy atom. The van der Waals surface area contributed by atoms with Gasteiger partial charge in [-0.25, -0.2) is 8.42 Å². The Morgan fingerprint density at radius 1 is 1.50 bits per heavy atom. The standard InChI is InChI=1S/C8H15N3O2S/c1-5(2)7-6(4-14(3,12)13)10-11-8(7)9/h5H,4H2,1-3H3,(H3,9,10,11). The fourth-order valence-corrected chi connectivity index (χ4v) is 2.16. The molecule has 0 bridgehead atoms. The number of sulfone groups is 1. The molecule has 1 aromatic rings. The highest BCUT2D eigenvalue weighted by atomic mass is 32.2. The van der Waals surface area contributed by atoms with Gasteiger partial charge in [0, 0.05) is 11.8 Å². The fourth-order valence-electron chi connectivity index (χ4n) is 1.42. The third-order valence-corrected chi connectivity index (χ3v) is 2.71. The number of hydrogen-bond acceptors (Lipinski definition) is 4. The maximum absolute atomic E-state index is 11.1. The molecule has 3 N–H and O–H groups in total. The molecule has 0 aliphatic heterocycles. The summed E-state index contributed by atoms with van der Waals surface area (Å²) in [5, 5.41) is 6.47. The van der Waals surface area contributed by atoms with Gasteiger partial charge in [-0.2, -0.15) is 5.10 Å². The molecular formula is C8H15N3O2S. The van der Waals surface area contributed by atoms with E-state index in [0.29, 0.717) is 11.5 Å². The molecule has 0 fully saturated rings. The number of nitrogens with one attached hydrogen (secondary N) is 1. The minimum absolute atomic E-state index is 0.0370. The summed E-state index contributed by atoms with van der Waals surface area (Å²) >= 11 is 0. The normalized spacial score (nSPS) is 12.3. The Hall–Kier alpha value is -1.04. The van der Waals surface area contributed by atoms with Crippen LogP contribution in [0, 0.1) is 0 Å². The minimum atomic E-state index is -3.05. The second-order valence-electron chi connectivity index (χ2n) is 3.73. The number of hydrogen-bond donors (Lipinski definition) is 2. The van der Waals surface area contributed by atoms with Crippen LogP contribution in [-0.2, 0) is 15.6 Å². The van der Waals surface area contributed by atoms with E-state index in [2.05, 4.69) is 10.2 Å². The topological polar surface area (TPSA) is 88.8 Å². The van der Waals surface area contributed by atoms with Crippen LogP contribution in [-0.4, -0.2) is 24.9 Å². The zero-order valence-corrected chi connectivity index (χ0v) is 9.35. The fraction of sp³-hybridized carbons (Fsp3) is 0.625. The van der Waals surface area contributed by atoms with Gasteiger partial charge < -0.3 is 5.73 Å². The van der Waals surface area contributed by atoms with Crippen LogP contribution in [0.1, 0.15) is 31.0 Å². The van der Waals surface area contributed by atoms with E-state index >= 15 is 0 Å². The van der Waals surface area contributed by atoms with Gasteiger partial charge in [0.25, 0.3) is 0 Å².